The van der Waals surface area contributed by atoms with Crippen LogP contribution < -0.4 is 20.7 Å². The molecule has 3 aliphatic rings. The molecule has 2 heterocycles. The highest BCUT2D eigenvalue weighted by Gasteiger charge is 2.21. The summed E-state index contributed by atoms with van der Waals surface area (Å²) in [5.74, 6) is 4.12. The predicted octanol–water partition coefficient (Wildman–Crippen LogP) is 5.72. The first-order chi connectivity index (χ1) is 16.7. The van der Waals surface area contributed by atoms with E-state index in [1.54, 1.807) is 0 Å². The van der Waals surface area contributed by atoms with Crippen molar-refractivity contribution in [3.05, 3.63) is 58.7 Å². The van der Waals surface area contributed by atoms with Crippen LogP contribution in [0.15, 0.2) is 42.0 Å². The van der Waals surface area contributed by atoms with Crippen LogP contribution in [0, 0.1) is 12.8 Å². The van der Waals surface area contributed by atoms with Crippen molar-refractivity contribution < 1.29 is 9.53 Å². The molecule has 2 fully saturated rings. The van der Waals surface area contributed by atoms with Crippen LogP contribution in [0.2, 0.25) is 0 Å². The van der Waals surface area contributed by atoms with Crippen LogP contribution in [0.1, 0.15) is 53.6 Å². The van der Waals surface area contributed by atoms with Gasteiger partial charge in [-0.2, -0.15) is 11.8 Å². The molecule has 180 valence electrons. The fourth-order valence-electron chi connectivity index (χ4n) is 4.63. The molecule has 1 saturated heterocycles. The molecule has 1 saturated carbocycles. The quantitative estimate of drug-likeness (QED) is 0.431. The maximum Gasteiger partial charge on any atom is 0.255 e. The van der Waals surface area contributed by atoms with Crippen LogP contribution in [0.5, 0.6) is 5.75 Å². The van der Waals surface area contributed by atoms with E-state index >= 15 is 0 Å². The minimum absolute atomic E-state index is 0.102. The summed E-state index contributed by atoms with van der Waals surface area (Å²) >= 11 is 2.06. The van der Waals surface area contributed by atoms with E-state index in [1.165, 1.54) is 48.3 Å². The van der Waals surface area contributed by atoms with Gasteiger partial charge in [0.2, 0.25) is 0 Å². The zero-order chi connectivity index (χ0) is 23.3. The van der Waals surface area contributed by atoms with E-state index in [1.807, 2.05) is 30.3 Å². The molecule has 0 spiro atoms. The maximum atomic E-state index is 12.9. The molecule has 0 bridgehead atoms. The Labute approximate surface area is 207 Å². The number of thioether (sulfide) groups is 1. The Balaban J connectivity index is 1.18. The van der Waals surface area contributed by atoms with Crippen molar-refractivity contribution in [3.8, 4) is 5.75 Å². The van der Waals surface area contributed by atoms with Crippen molar-refractivity contribution in [1.82, 2.24) is 5.32 Å². The van der Waals surface area contributed by atoms with E-state index in [9.17, 15) is 4.79 Å². The number of hydrogen-bond acceptors (Lipinski definition) is 5. The first-order valence-corrected chi connectivity index (χ1v) is 13.7. The number of nitrogens with one attached hydrogen (secondary N) is 3. The lowest BCUT2D eigenvalue weighted by Gasteiger charge is -2.26. The number of benzene rings is 2. The van der Waals surface area contributed by atoms with Crippen LogP contribution in [0.4, 0.5) is 11.4 Å². The van der Waals surface area contributed by atoms with E-state index in [0.717, 1.165) is 54.7 Å². The molecule has 5 rings (SSSR count). The van der Waals surface area contributed by atoms with Gasteiger partial charge in [-0.3, -0.25) is 4.79 Å². The Morgan fingerprint density at radius 2 is 1.88 bits per heavy atom. The molecule has 0 radical (unpaired) electrons. The third kappa shape index (κ3) is 5.97. The van der Waals surface area contributed by atoms with Crippen molar-refractivity contribution in [2.24, 2.45) is 5.92 Å². The second-order valence-electron chi connectivity index (χ2n) is 9.69. The summed E-state index contributed by atoms with van der Waals surface area (Å²) in [6, 6.07) is 12.2. The molecule has 0 atom stereocenters. The average Bonchev–Trinajstić information content (AvgIpc) is 3.70. The average molecular weight is 478 g/mol. The Morgan fingerprint density at radius 1 is 1.09 bits per heavy atom. The summed E-state index contributed by atoms with van der Waals surface area (Å²) in [4.78, 5) is 12.9. The number of rotatable bonds is 9. The molecular formula is C28H35N3O2S. The van der Waals surface area contributed by atoms with Gasteiger partial charge in [-0.05, 0) is 90.6 Å². The predicted molar refractivity (Wildman–Crippen MR) is 143 cm³/mol. The van der Waals surface area contributed by atoms with Gasteiger partial charge in [0, 0.05) is 36.1 Å². The standard InChI is InChI=1S/C28H35N3O2S/c1-19-26(31-28(32)22-4-7-25(8-5-22)33-13-10-20-2-3-20)9-6-23-16-21(18-30-27(19)23)17-29-24-11-14-34-15-12-24/h4-9,16,20,24,29-30H,2-3,10-15,17-18H2,1H3,(H,31,32). The summed E-state index contributed by atoms with van der Waals surface area (Å²) in [6.07, 6.45) is 8.63. The third-order valence-corrected chi connectivity index (χ3v) is 8.09. The third-order valence-electron chi connectivity index (χ3n) is 7.04. The van der Waals surface area contributed by atoms with Gasteiger partial charge in [0.1, 0.15) is 5.75 Å². The molecule has 6 heteroatoms. The number of anilines is 2. The summed E-state index contributed by atoms with van der Waals surface area (Å²) < 4.78 is 5.80. The largest absolute Gasteiger partial charge is 0.494 e. The minimum atomic E-state index is -0.102. The molecule has 1 amide bonds. The van der Waals surface area contributed by atoms with E-state index < -0.39 is 0 Å². The van der Waals surface area contributed by atoms with Gasteiger partial charge >= 0.3 is 0 Å². The lowest BCUT2D eigenvalue weighted by molar-refractivity contribution is 0.102. The lowest BCUT2D eigenvalue weighted by Crippen LogP contribution is -2.35. The first-order valence-electron chi connectivity index (χ1n) is 12.6. The molecule has 2 aromatic rings. The van der Waals surface area contributed by atoms with E-state index in [-0.39, 0.29) is 5.91 Å². The van der Waals surface area contributed by atoms with Crippen LogP contribution in [-0.4, -0.2) is 43.2 Å². The highest BCUT2D eigenvalue weighted by atomic mass is 32.2. The highest BCUT2D eigenvalue weighted by molar-refractivity contribution is 7.99. The SMILES string of the molecule is Cc1c(NC(=O)c2ccc(OCCC3CC3)cc2)ccc2c1NCC(CNC1CCSCC1)=C2. The summed E-state index contributed by atoms with van der Waals surface area (Å²) in [7, 11) is 0. The number of hydrogen-bond donors (Lipinski definition) is 3. The van der Waals surface area contributed by atoms with Gasteiger partial charge in [0.25, 0.3) is 5.91 Å². The van der Waals surface area contributed by atoms with E-state index in [0.29, 0.717) is 11.6 Å². The maximum absolute atomic E-state index is 12.9. The van der Waals surface area contributed by atoms with Crippen LogP contribution in [0.3, 0.4) is 0 Å². The first kappa shape index (κ1) is 23.3. The van der Waals surface area contributed by atoms with Crippen molar-refractivity contribution in [2.75, 3.05) is 41.8 Å². The lowest BCUT2D eigenvalue weighted by atomic mass is 9.99. The number of amides is 1. The number of fused-ring (bicyclic) bond motifs is 1. The van der Waals surface area contributed by atoms with Crippen molar-refractivity contribution in [3.63, 3.8) is 0 Å². The monoisotopic (exact) mass is 477 g/mol. The summed E-state index contributed by atoms with van der Waals surface area (Å²) in [5, 5.41) is 10.4. The van der Waals surface area contributed by atoms with E-state index in [2.05, 4.69) is 46.8 Å². The fourth-order valence-corrected chi connectivity index (χ4v) is 5.74. The smallest absolute Gasteiger partial charge is 0.255 e. The zero-order valence-electron chi connectivity index (χ0n) is 20.0. The topological polar surface area (TPSA) is 62.4 Å². The Kier molecular flexibility index (Phi) is 7.45. The second-order valence-corrected chi connectivity index (χ2v) is 10.9. The fraction of sp³-hybridized carbons (Fsp3) is 0.464. The van der Waals surface area contributed by atoms with E-state index in [4.69, 9.17) is 4.74 Å². The molecule has 34 heavy (non-hydrogen) atoms. The van der Waals surface area contributed by atoms with Crippen LogP contribution in [0.25, 0.3) is 6.08 Å². The molecule has 5 nitrogen and oxygen atoms in total. The Bertz CT molecular complexity index is 1040. The van der Waals surface area contributed by atoms with Crippen molar-refractivity contribution in [1.29, 1.82) is 0 Å². The van der Waals surface area contributed by atoms with Gasteiger partial charge in [-0.1, -0.05) is 25.0 Å². The normalized spacial score (nSPS) is 18.0. The molecule has 3 N–H and O–H groups in total. The van der Waals surface area contributed by atoms with Gasteiger partial charge in [-0.15, -0.1) is 0 Å². The van der Waals surface area contributed by atoms with Gasteiger partial charge in [0.05, 0.1) is 6.61 Å². The number of carbonyl (C=O) groups excluding carboxylic acids is 1. The second kappa shape index (κ2) is 10.9. The minimum Gasteiger partial charge on any atom is -0.494 e. The molecule has 0 aromatic heterocycles. The number of ether oxygens (including phenoxy) is 1. The summed E-state index contributed by atoms with van der Waals surface area (Å²) in [6.45, 7) is 4.58. The molecule has 1 aliphatic carbocycles. The number of carbonyl (C=O) groups is 1. The summed E-state index contributed by atoms with van der Waals surface area (Å²) in [5.41, 5.74) is 6.21. The molecule has 2 aliphatic heterocycles. The highest BCUT2D eigenvalue weighted by Crippen LogP contribution is 2.33. The Hall–Kier alpha value is -2.44. The molecule has 2 aromatic carbocycles. The van der Waals surface area contributed by atoms with Crippen LogP contribution in [-0.2, 0) is 0 Å². The van der Waals surface area contributed by atoms with Gasteiger partial charge in [0.15, 0.2) is 0 Å². The van der Waals surface area contributed by atoms with Gasteiger partial charge in [-0.25, -0.2) is 0 Å². The van der Waals surface area contributed by atoms with Crippen molar-refractivity contribution in [2.45, 2.75) is 45.1 Å². The van der Waals surface area contributed by atoms with Crippen molar-refractivity contribution >= 4 is 35.1 Å². The van der Waals surface area contributed by atoms with Crippen LogP contribution >= 0.6 is 11.8 Å². The molecular weight excluding hydrogens is 442 g/mol. The van der Waals surface area contributed by atoms with Gasteiger partial charge < -0.3 is 20.7 Å². The zero-order valence-corrected chi connectivity index (χ0v) is 20.8. The Morgan fingerprint density at radius 3 is 2.65 bits per heavy atom. The molecule has 0 unspecified atom stereocenters.